The van der Waals surface area contributed by atoms with E-state index in [2.05, 4.69) is 5.32 Å². The van der Waals surface area contributed by atoms with Crippen LogP contribution in [-0.2, 0) is 16.0 Å². The zero-order valence-electron chi connectivity index (χ0n) is 12.7. The van der Waals surface area contributed by atoms with Gasteiger partial charge in [0.05, 0.1) is 0 Å². The van der Waals surface area contributed by atoms with E-state index in [0.717, 1.165) is 5.56 Å². The molecule has 124 valence electrons. The third-order valence-corrected chi connectivity index (χ3v) is 3.32. The Morgan fingerprint density at radius 3 is 2.38 bits per heavy atom. The number of hydrogen-bond donors (Lipinski definition) is 4. The maximum atomic E-state index is 11.9. The summed E-state index contributed by atoms with van der Waals surface area (Å²) in [5, 5.41) is 30.4. The van der Waals surface area contributed by atoms with Gasteiger partial charge in [-0.2, -0.15) is 0 Å². The number of carbonyl (C=O) groups is 2. The summed E-state index contributed by atoms with van der Waals surface area (Å²) in [7, 11) is 0. The highest BCUT2D eigenvalue weighted by Crippen LogP contribution is 2.25. The van der Waals surface area contributed by atoms with Crippen LogP contribution in [0, 0.1) is 0 Å². The van der Waals surface area contributed by atoms with E-state index >= 15 is 0 Å². The van der Waals surface area contributed by atoms with Gasteiger partial charge in [0.15, 0.2) is 11.5 Å². The minimum Gasteiger partial charge on any atom is -0.504 e. The molecule has 0 bridgehead atoms. The lowest BCUT2D eigenvalue weighted by atomic mass is 10.1. The SMILES string of the molecule is O=C(/C=C/c1ccccc1)N[C@@H](Cc1ccc(O)c(O)c1)C(=O)O. The van der Waals surface area contributed by atoms with Gasteiger partial charge in [-0.1, -0.05) is 36.4 Å². The molecule has 0 unspecified atom stereocenters. The number of rotatable bonds is 6. The maximum Gasteiger partial charge on any atom is 0.326 e. The first-order valence-corrected chi connectivity index (χ1v) is 7.23. The molecule has 0 aliphatic rings. The second kappa shape index (κ2) is 7.82. The van der Waals surface area contributed by atoms with Gasteiger partial charge in [-0.3, -0.25) is 4.79 Å². The molecule has 0 aliphatic carbocycles. The Morgan fingerprint density at radius 2 is 1.75 bits per heavy atom. The van der Waals surface area contributed by atoms with Crippen molar-refractivity contribution in [2.45, 2.75) is 12.5 Å². The maximum absolute atomic E-state index is 11.9. The molecule has 0 saturated carbocycles. The molecule has 0 radical (unpaired) electrons. The van der Waals surface area contributed by atoms with Crippen LogP contribution in [0.15, 0.2) is 54.6 Å². The van der Waals surface area contributed by atoms with Crippen LogP contribution in [-0.4, -0.2) is 33.2 Å². The Kier molecular flexibility index (Phi) is 5.57. The molecular formula is C18H17NO5. The van der Waals surface area contributed by atoms with Gasteiger partial charge in [0.2, 0.25) is 5.91 Å². The van der Waals surface area contributed by atoms with Gasteiger partial charge in [-0.25, -0.2) is 4.79 Å². The van der Waals surface area contributed by atoms with Crippen LogP contribution in [0.4, 0.5) is 0 Å². The first-order chi connectivity index (χ1) is 11.5. The van der Waals surface area contributed by atoms with E-state index in [0.29, 0.717) is 5.56 Å². The molecule has 2 aromatic rings. The van der Waals surface area contributed by atoms with Crippen LogP contribution in [0.2, 0.25) is 0 Å². The third kappa shape index (κ3) is 4.88. The molecule has 2 rings (SSSR count). The number of carboxylic acids is 1. The molecule has 0 fully saturated rings. The molecule has 1 atom stereocenters. The van der Waals surface area contributed by atoms with E-state index in [-0.39, 0.29) is 17.9 Å². The van der Waals surface area contributed by atoms with Crippen molar-refractivity contribution in [3.05, 3.63) is 65.7 Å². The summed E-state index contributed by atoms with van der Waals surface area (Å²) < 4.78 is 0. The molecule has 0 spiro atoms. The van der Waals surface area contributed by atoms with Crippen molar-refractivity contribution in [3.63, 3.8) is 0 Å². The fraction of sp³-hybridized carbons (Fsp3) is 0.111. The minimum absolute atomic E-state index is 0.0198. The molecule has 2 aromatic carbocycles. The molecule has 0 aliphatic heterocycles. The number of hydrogen-bond acceptors (Lipinski definition) is 4. The van der Waals surface area contributed by atoms with Crippen LogP contribution >= 0.6 is 0 Å². The van der Waals surface area contributed by atoms with E-state index in [1.807, 2.05) is 30.3 Å². The zero-order chi connectivity index (χ0) is 17.5. The summed E-state index contributed by atoms with van der Waals surface area (Å²) in [6.07, 6.45) is 2.83. The highest BCUT2D eigenvalue weighted by Gasteiger charge is 2.20. The van der Waals surface area contributed by atoms with E-state index in [1.165, 1.54) is 24.3 Å². The van der Waals surface area contributed by atoms with Gasteiger partial charge >= 0.3 is 5.97 Å². The summed E-state index contributed by atoms with van der Waals surface area (Å²) in [5.41, 5.74) is 1.30. The Balaban J connectivity index is 2.02. The standard InChI is InChI=1S/C18H17NO5/c20-15-8-6-13(11-16(15)21)10-14(18(23)24)19-17(22)9-7-12-4-2-1-3-5-12/h1-9,11,14,20-21H,10H2,(H,19,22)(H,23,24)/b9-7+/t14-/m0/s1. The molecule has 6 nitrogen and oxygen atoms in total. The smallest absolute Gasteiger partial charge is 0.326 e. The second-order valence-corrected chi connectivity index (χ2v) is 5.17. The Hall–Kier alpha value is -3.28. The summed E-state index contributed by atoms with van der Waals surface area (Å²) in [5.74, 6) is -2.36. The van der Waals surface area contributed by atoms with Crippen molar-refractivity contribution < 1.29 is 24.9 Å². The highest BCUT2D eigenvalue weighted by atomic mass is 16.4. The predicted molar refractivity (Wildman–Crippen MR) is 88.5 cm³/mol. The van der Waals surface area contributed by atoms with Gasteiger partial charge < -0.3 is 20.6 Å². The lowest BCUT2D eigenvalue weighted by molar-refractivity contribution is -0.141. The van der Waals surface area contributed by atoms with E-state index < -0.39 is 17.9 Å². The summed E-state index contributed by atoms with van der Waals surface area (Å²) in [6, 6.07) is 12.0. The Morgan fingerprint density at radius 1 is 1.04 bits per heavy atom. The number of aliphatic carboxylic acids is 1. The summed E-state index contributed by atoms with van der Waals surface area (Å²) in [6.45, 7) is 0. The zero-order valence-corrected chi connectivity index (χ0v) is 12.7. The first kappa shape index (κ1) is 17.1. The van der Waals surface area contributed by atoms with Crippen molar-refractivity contribution in [1.82, 2.24) is 5.32 Å². The fourth-order valence-corrected chi connectivity index (χ4v) is 2.09. The largest absolute Gasteiger partial charge is 0.504 e. The number of aromatic hydroxyl groups is 2. The van der Waals surface area contributed by atoms with Crippen molar-refractivity contribution in [1.29, 1.82) is 0 Å². The van der Waals surface area contributed by atoms with Gasteiger partial charge in [0.25, 0.3) is 0 Å². The van der Waals surface area contributed by atoms with Gasteiger partial charge in [-0.15, -0.1) is 0 Å². The Labute approximate surface area is 138 Å². The number of phenolic OH excluding ortho intramolecular Hbond substituents is 2. The van der Waals surface area contributed by atoms with Gasteiger partial charge in [-0.05, 0) is 29.3 Å². The monoisotopic (exact) mass is 327 g/mol. The van der Waals surface area contributed by atoms with Crippen LogP contribution < -0.4 is 5.32 Å². The van der Waals surface area contributed by atoms with E-state index in [4.69, 9.17) is 0 Å². The Bertz CT molecular complexity index is 755. The number of carbonyl (C=O) groups excluding carboxylic acids is 1. The topological polar surface area (TPSA) is 107 Å². The predicted octanol–water partition coefficient (Wildman–Crippen LogP) is 1.92. The highest BCUT2D eigenvalue weighted by molar-refractivity contribution is 5.94. The third-order valence-electron chi connectivity index (χ3n) is 3.32. The summed E-state index contributed by atoms with van der Waals surface area (Å²) in [4.78, 5) is 23.2. The van der Waals surface area contributed by atoms with E-state index in [9.17, 15) is 24.9 Å². The second-order valence-electron chi connectivity index (χ2n) is 5.17. The molecule has 0 heterocycles. The molecule has 1 amide bonds. The quantitative estimate of drug-likeness (QED) is 0.479. The number of phenols is 2. The first-order valence-electron chi connectivity index (χ1n) is 7.23. The number of carboxylic acid groups (broad SMARTS) is 1. The molecular weight excluding hydrogens is 310 g/mol. The minimum atomic E-state index is -1.19. The number of benzene rings is 2. The number of nitrogens with one attached hydrogen (secondary N) is 1. The molecule has 4 N–H and O–H groups in total. The van der Waals surface area contributed by atoms with Crippen LogP contribution in [0.5, 0.6) is 11.5 Å². The normalized spacial score (nSPS) is 12.0. The van der Waals surface area contributed by atoms with Gasteiger partial charge in [0.1, 0.15) is 6.04 Å². The van der Waals surface area contributed by atoms with Crippen molar-refractivity contribution in [3.8, 4) is 11.5 Å². The van der Waals surface area contributed by atoms with Crippen molar-refractivity contribution >= 4 is 18.0 Å². The van der Waals surface area contributed by atoms with Gasteiger partial charge in [0, 0.05) is 12.5 Å². The van der Waals surface area contributed by atoms with Crippen LogP contribution in [0.25, 0.3) is 6.08 Å². The van der Waals surface area contributed by atoms with Crippen molar-refractivity contribution in [2.24, 2.45) is 0 Å². The fourth-order valence-electron chi connectivity index (χ4n) is 2.09. The van der Waals surface area contributed by atoms with E-state index in [1.54, 1.807) is 6.08 Å². The van der Waals surface area contributed by atoms with Crippen LogP contribution in [0.1, 0.15) is 11.1 Å². The summed E-state index contributed by atoms with van der Waals surface area (Å²) >= 11 is 0. The van der Waals surface area contributed by atoms with Crippen molar-refractivity contribution in [2.75, 3.05) is 0 Å². The molecule has 0 saturated heterocycles. The molecule has 24 heavy (non-hydrogen) atoms. The lowest BCUT2D eigenvalue weighted by Gasteiger charge is -2.13. The lowest BCUT2D eigenvalue weighted by Crippen LogP contribution is -2.41. The average molecular weight is 327 g/mol. The van der Waals surface area contributed by atoms with Crippen LogP contribution in [0.3, 0.4) is 0 Å². The molecule has 0 aromatic heterocycles. The molecule has 6 heteroatoms. The number of amides is 1. The average Bonchev–Trinajstić information content (AvgIpc) is 2.56.